The normalized spacial score (nSPS) is 10.5. The topological polar surface area (TPSA) is 37.8 Å². The van der Waals surface area contributed by atoms with Crippen LogP contribution in [0.3, 0.4) is 0 Å². The van der Waals surface area contributed by atoms with Gasteiger partial charge in [0.05, 0.1) is 4.47 Å². The van der Waals surface area contributed by atoms with Gasteiger partial charge < -0.3 is 5.32 Å². The van der Waals surface area contributed by atoms with E-state index in [1.807, 2.05) is 18.2 Å². The van der Waals surface area contributed by atoms with E-state index in [-0.39, 0.29) is 0 Å². The number of halogens is 2. The third-order valence-electron chi connectivity index (χ3n) is 2.29. The van der Waals surface area contributed by atoms with Crippen molar-refractivity contribution in [1.29, 1.82) is 0 Å². The number of hydrogen-bond acceptors (Lipinski definition) is 4. The molecule has 0 fully saturated rings. The minimum Gasteiger partial charge on any atom is -0.354 e. The van der Waals surface area contributed by atoms with E-state index in [9.17, 15) is 0 Å². The SMILES string of the molecule is CCCNc1ncc(Br)c(Sc2ccccc2Br)n1. The fourth-order valence-electron chi connectivity index (χ4n) is 1.38. The second-order valence-corrected chi connectivity index (χ2v) is 6.55. The first-order valence-corrected chi connectivity index (χ1v) is 8.29. The average Bonchev–Trinajstić information content (AvgIpc) is 2.42. The molecule has 0 aliphatic carbocycles. The second-order valence-electron chi connectivity index (χ2n) is 3.81. The third kappa shape index (κ3) is 4.19. The highest BCUT2D eigenvalue weighted by molar-refractivity contribution is 9.11. The number of hydrogen-bond donors (Lipinski definition) is 1. The lowest BCUT2D eigenvalue weighted by molar-refractivity contribution is 0.930. The van der Waals surface area contributed by atoms with Gasteiger partial charge in [-0.05, 0) is 50.4 Å². The van der Waals surface area contributed by atoms with Crippen LogP contribution in [-0.4, -0.2) is 16.5 Å². The number of nitrogens with one attached hydrogen (secondary N) is 1. The standard InChI is InChI=1S/C13H13Br2N3S/c1-2-7-16-13-17-8-10(15)12(18-13)19-11-6-4-3-5-9(11)14/h3-6,8H,2,7H2,1H3,(H,16,17,18). The van der Waals surface area contributed by atoms with Crippen molar-refractivity contribution in [3.05, 3.63) is 39.4 Å². The van der Waals surface area contributed by atoms with Crippen LogP contribution in [0.2, 0.25) is 0 Å². The van der Waals surface area contributed by atoms with Crippen LogP contribution in [0.4, 0.5) is 5.95 Å². The molecule has 0 bridgehead atoms. The number of rotatable bonds is 5. The lowest BCUT2D eigenvalue weighted by Gasteiger charge is -2.08. The van der Waals surface area contributed by atoms with E-state index in [2.05, 4.69) is 60.1 Å². The average molecular weight is 403 g/mol. The van der Waals surface area contributed by atoms with Crippen LogP contribution in [0.5, 0.6) is 0 Å². The maximum absolute atomic E-state index is 4.52. The van der Waals surface area contributed by atoms with Crippen LogP contribution >= 0.6 is 43.6 Å². The van der Waals surface area contributed by atoms with Crippen molar-refractivity contribution >= 4 is 49.6 Å². The summed E-state index contributed by atoms with van der Waals surface area (Å²) < 4.78 is 1.96. The molecule has 2 rings (SSSR count). The summed E-state index contributed by atoms with van der Waals surface area (Å²) in [7, 11) is 0. The van der Waals surface area contributed by atoms with Gasteiger partial charge in [-0.1, -0.05) is 30.8 Å². The fourth-order valence-corrected chi connectivity index (χ4v) is 3.14. The molecule has 0 aliphatic rings. The Morgan fingerprint density at radius 2 is 2.00 bits per heavy atom. The maximum Gasteiger partial charge on any atom is 0.223 e. The zero-order chi connectivity index (χ0) is 13.7. The minimum atomic E-state index is 0.666. The van der Waals surface area contributed by atoms with Crippen molar-refractivity contribution in [3.63, 3.8) is 0 Å². The summed E-state index contributed by atoms with van der Waals surface area (Å²) in [4.78, 5) is 9.89. The molecule has 100 valence electrons. The Bertz CT molecular complexity index is 563. The summed E-state index contributed by atoms with van der Waals surface area (Å²) in [6, 6.07) is 8.09. The third-order valence-corrected chi connectivity index (χ3v) is 5.17. The highest BCUT2D eigenvalue weighted by Gasteiger charge is 2.08. The first kappa shape index (κ1) is 14.8. The Morgan fingerprint density at radius 1 is 1.21 bits per heavy atom. The van der Waals surface area contributed by atoms with E-state index in [0.717, 1.165) is 31.8 Å². The zero-order valence-corrected chi connectivity index (χ0v) is 14.3. The van der Waals surface area contributed by atoms with Gasteiger partial charge in [0.2, 0.25) is 5.95 Å². The van der Waals surface area contributed by atoms with Crippen LogP contribution in [-0.2, 0) is 0 Å². The van der Waals surface area contributed by atoms with Crippen LogP contribution in [0.15, 0.2) is 49.3 Å². The summed E-state index contributed by atoms with van der Waals surface area (Å²) in [5.41, 5.74) is 0. The second kappa shape index (κ2) is 7.26. The van der Waals surface area contributed by atoms with Gasteiger partial charge in [0, 0.05) is 22.1 Å². The molecular formula is C13H13Br2N3S. The Hall–Kier alpha value is -0.590. The molecule has 0 saturated heterocycles. The summed E-state index contributed by atoms with van der Waals surface area (Å²) in [5.74, 6) is 0.666. The Labute approximate surface area is 133 Å². The van der Waals surface area contributed by atoms with Gasteiger partial charge >= 0.3 is 0 Å². The van der Waals surface area contributed by atoms with E-state index in [4.69, 9.17) is 0 Å². The molecule has 0 radical (unpaired) electrons. The first-order chi connectivity index (χ1) is 9.20. The van der Waals surface area contributed by atoms with E-state index in [0.29, 0.717) is 5.95 Å². The molecule has 0 spiro atoms. The maximum atomic E-state index is 4.52. The van der Waals surface area contributed by atoms with E-state index in [1.165, 1.54) is 0 Å². The van der Waals surface area contributed by atoms with Crippen molar-refractivity contribution in [2.45, 2.75) is 23.3 Å². The summed E-state index contributed by atoms with van der Waals surface area (Å²) in [6.07, 6.45) is 2.83. The molecule has 1 N–H and O–H groups in total. The number of benzene rings is 1. The Kier molecular flexibility index (Phi) is 5.66. The summed E-state index contributed by atoms with van der Waals surface area (Å²) >= 11 is 8.64. The van der Waals surface area contributed by atoms with Gasteiger partial charge in [0.25, 0.3) is 0 Å². The molecule has 19 heavy (non-hydrogen) atoms. The summed E-state index contributed by atoms with van der Waals surface area (Å²) in [5, 5.41) is 4.10. The van der Waals surface area contributed by atoms with Gasteiger partial charge in [-0.15, -0.1) is 0 Å². The number of aromatic nitrogens is 2. The van der Waals surface area contributed by atoms with Crippen LogP contribution in [0.1, 0.15) is 13.3 Å². The van der Waals surface area contributed by atoms with Gasteiger partial charge in [-0.25, -0.2) is 9.97 Å². The Morgan fingerprint density at radius 3 is 2.74 bits per heavy atom. The van der Waals surface area contributed by atoms with E-state index < -0.39 is 0 Å². The largest absolute Gasteiger partial charge is 0.354 e. The van der Waals surface area contributed by atoms with Crippen molar-refractivity contribution in [1.82, 2.24) is 9.97 Å². The minimum absolute atomic E-state index is 0.666. The Balaban J connectivity index is 2.21. The predicted octanol–water partition coefficient (Wildman–Crippen LogP) is 4.97. The smallest absolute Gasteiger partial charge is 0.223 e. The van der Waals surface area contributed by atoms with Crippen molar-refractivity contribution in [2.24, 2.45) is 0 Å². The summed E-state index contributed by atoms with van der Waals surface area (Å²) in [6.45, 7) is 2.99. The molecular weight excluding hydrogens is 390 g/mol. The van der Waals surface area contributed by atoms with E-state index >= 15 is 0 Å². The molecule has 2 aromatic rings. The van der Waals surface area contributed by atoms with Gasteiger partial charge in [-0.3, -0.25) is 0 Å². The lowest BCUT2D eigenvalue weighted by Crippen LogP contribution is -2.04. The molecule has 6 heteroatoms. The molecule has 3 nitrogen and oxygen atoms in total. The van der Waals surface area contributed by atoms with Crippen molar-refractivity contribution < 1.29 is 0 Å². The van der Waals surface area contributed by atoms with Gasteiger partial charge in [0.1, 0.15) is 5.03 Å². The molecule has 0 atom stereocenters. The van der Waals surface area contributed by atoms with Gasteiger partial charge in [0.15, 0.2) is 0 Å². The first-order valence-electron chi connectivity index (χ1n) is 5.89. The molecule has 0 aliphatic heterocycles. The van der Waals surface area contributed by atoms with E-state index in [1.54, 1.807) is 18.0 Å². The molecule has 0 saturated carbocycles. The zero-order valence-electron chi connectivity index (χ0n) is 10.4. The molecule has 1 heterocycles. The monoisotopic (exact) mass is 401 g/mol. The number of nitrogens with zero attached hydrogens (tertiary/aromatic N) is 2. The van der Waals surface area contributed by atoms with Crippen molar-refractivity contribution in [2.75, 3.05) is 11.9 Å². The quantitative estimate of drug-likeness (QED) is 0.716. The van der Waals surface area contributed by atoms with Crippen LogP contribution < -0.4 is 5.32 Å². The molecule has 1 aromatic carbocycles. The fraction of sp³-hybridized carbons (Fsp3) is 0.231. The van der Waals surface area contributed by atoms with Gasteiger partial charge in [-0.2, -0.15) is 0 Å². The predicted molar refractivity (Wildman–Crippen MR) is 86.8 cm³/mol. The lowest BCUT2D eigenvalue weighted by atomic mass is 10.4. The molecule has 1 aromatic heterocycles. The van der Waals surface area contributed by atoms with Crippen LogP contribution in [0, 0.1) is 0 Å². The van der Waals surface area contributed by atoms with Crippen molar-refractivity contribution in [3.8, 4) is 0 Å². The molecule has 0 amide bonds. The molecule has 0 unspecified atom stereocenters. The van der Waals surface area contributed by atoms with Crippen LogP contribution in [0.25, 0.3) is 0 Å². The highest BCUT2D eigenvalue weighted by Crippen LogP contribution is 2.35. The number of anilines is 1. The highest BCUT2D eigenvalue weighted by atomic mass is 79.9.